The van der Waals surface area contributed by atoms with Gasteiger partial charge in [-0.2, -0.15) is 0 Å². The van der Waals surface area contributed by atoms with Gasteiger partial charge in [0.1, 0.15) is 6.54 Å². The summed E-state index contributed by atoms with van der Waals surface area (Å²) in [5, 5.41) is 0.593. The number of benzene rings is 2. The lowest BCUT2D eigenvalue weighted by Crippen LogP contribution is -3.13. The van der Waals surface area contributed by atoms with Crippen molar-refractivity contribution in [2.24, 2.45) is 0 Å². The van der Waals surface area contributed by atoms with Crippen LogP contribution in [-0.4, -0.2) is 46.5 Å². The molecule has 0 atom stereocenters. The molecular weight excluding hydrogens is 352 g/mol. The standard InChI is InChI=1S/C22H24N4O2/c27-21(10-11-26-17-23-20-9-5-4-8-19(20)22(26)28)25-14-12-24(13-15-25)16-18-6-2-1-3-7-18/h1-9,17H,10-16H2/p+1. The van der Waals surface area contributed by atoms with Crippen molar-refractivity contribution < 1.29 is 9.69 Å². The molecule has 1 fully saturated rings. The van der Waals surface area contributed by atoms with Gasteiger partial charge in [0.2, 0.25) is 5.91 Å². The molecule has 144 valence electrons. The van der Waals surface area contributed by atoms with Gasteiger partial charge >= 0.3 is 0 Å². The van der Waals surface area contributed by atoms with Crippen LogP contribution in [0.4, 0.5) is 0 Å². The minimum absolute atomic E-state index is 0.0875. The number of fused-ring (bicyclic) bond motifs is 1. The van der Waals surface area contributed by atoms with E-state index in [0.29, 0.717) is 23.9 Å². The van der Waals surface area contributed by atoms with Gasteiger partial charge in [-0.05, 0) is 12.1 Å². The molecule has 0 saturated carbocycles. The number of carbonyl (C=O) groups is 1. The van der Waals surface area contributed by atoms with Crippen LogP contribution in [0.25, 0.3) is 10.9 Å². The fourth-order valence-corrected chi connectivity index (χ4v) is 3.77. The quantitative estimate of drug-likeness (QED) is 0.713. The van der Waals surface area contributed by atoms with E-state index >= 15 is 0 Å². The number of quaternary nitrogens is 1. The molecule has 0 bridgehead atoms. The number of hydrogen-bond acceptors (Lipinski definition) is 3. The molecule has 6 heteroatoms. The number of amides is 1. The van der Waals surface area contributed by atoms with Gasteiger partial charge in [0.15, 0.2) is 0 Å². The van der Waals surface area contributed by atoms with E-state index in [-0.39, 0.29) is 11.5 Å². The van der Waals surface area contributed by atoms with Crippen LogP contribution in [-0.2, 0) is 17.9 Å². The van der Waals surface area contributed by atoms with Gasteiger partial charge in [-0.15, -0.1) is 0 Å². The molecule has 0 aliphatic carbocycles. The van der Waals surface area contributed by atoms with Crippen LogP contribution in [0.2, 0.25) is 0 Å². The lowest BCUT2D eigenvalue weighted by Gasteiger charge is -2.32. The zero-order valence-electron chi connectivity index (χ0n) is 15.9. The van der Waals surface area contributed by atoms with Crippen LogP contribution in [0.5, 0.6) is 0 Å². The summed E-state index contributed by atoms with van der Waals surface area (Å²) >= 11 is 0. The Morgan fingerprint density at radius 3 is 2.50 bits per heavy atom. The van der Waals surface area contributed by atoms with Crippen molar-refractivity contribution in [2.45, 2.75) is 19.5 Å². The van der Waals surface area contributed by atoms with Gasteiger partial charge in [0.25, 0.3) is 5.56 Å². The molecule has 2 heterocycles. The third-order valence-corrected chi connectivity index (χ3v) is 5.42. The fourth-order valence-electron chi connectivity index (χ4n) is 3.77. The fraction of sp³-hybridized carbons (Fsp3) is 0.318. The van der Waals surface area contributed by atoms with Crippen molar-refractivity contribution in [2.75, 3.05) is 26.2 Å². The second-order valence-electron chi connectivity index (χ2n) is 7.30. The number of rotatable bonds is 5. The van der Waals surface area contributed by atoms with Crippen LogP contribution in [0.15, 0.2) is 65.7 Å². The first-order chi connectivity index (χ1) is 13.7. The summed E-state index contributed by atoms with van der Waals surface area (Å²) in [4.78, 5) is 32.9. The molecule has 28 heavy (non-hydrogen) atoms. The SMILES string of the molecule is O=C(CCn1cnc2ccccc2c1=O)N1CC[NH+](Cc2ccccc2)CC1. The van der Waals surface area contributed by atoms with E-state index in [1.807, 2.05) is 29.2 Å². The predicted octanol–water partition coefficient (Wildman–Crippen LogP) is 0.714. The number of hydrogen-bond donors (Lipinski definition) is 1. The number of nitrogens with one attached hydrogen (secondary N) is 1. The van der Waals surface area contributed by atoms with Crippen LogP contribution < -0.4 is 10.5 Å². The Morgan fingerprint density at radius 1 is 1.00 bits per heavy atom. The van der Waals surface area contributed by atoms with Crippen LogP contribution >= 0.6 is 0 Å². The van der Waals surface area contributed by atoms with Gasteiger partial charge < -0.3 is 9.80 Å². The minimum atomic E-state index is -0.0875. The lowest BCUT2D eigenvalue weighted by atomic mass is 10.2. The van der Waals surface area contributed by atoms with E-state index in [0.717, 1.165) is 32.7 Å². The molecule has 0 spiro atoms. The highest BCUT2D eigenvalue weighted by molar-refractivity contribution is 5.77. The molecule has 0 unspecified atom stereocenters. The molecule has 3 aromatic rings. The van der Waals surface area contributed by atoms with Gasteiger partial charge in [-0.3, -0.25) is 14.2 Å². The van der Waals surface area contributed by atoms with Crippen molar-refractivity contribution in [3.05, 3.63) is 76.8 Å². The third-order valence-electron chi connectivity index (χ3n) is 5.42. The summed E-state index contributed by atoms with van der Waals surface area (Å²) < 4.78 is 1.54. The molecular formula is C22H25N4O2+. The highest BCUT2D eigenvalue weighted by Gasteiger charge is 2.23. The Balaban J connectivity index is 1.30. The smallest absolute Gasteiger partial charge is 0.261 e. The zero-order chi connectivity index (χ0) is 19.3. The normalized spacial score (nSPS) is 15.1. The molecule has 4 rings (SSSR count). The number of piperazine rings is 1. The molecule has 0 radical (unpaired) electrons. The second kappa shape index (κ2) is 8.35. The molecule has 1 aromatic heterocycles. The van der Waals surface area contributed by atoms with Crippen molar-refractivity contribution in [3.63, 3.8) is 0 Å². The second-order valence-corrected chi connectivity index (χ2v) is 7.30. The van der Waals surface area contributed by atoms with Crippen molar-refractivity contribution in [1.29, 1.82) is 0 Å². The van der Waals surface area contributed by atoms with Crippen LogP contribution in [0, 0.1) is 0 Å². The Labute approximate surface area is 164 Å². The summed E-state index contributed by atoms with van der Waals surface area (Å²) in [6.45, 7) is 4.82. The van der Waals surface area contributed by atoms with E-state index in [4.69, 9.17) is 0 Å². The Kier molecular flexibility index (Phi) is 5.48. The molecule has 1 saturated heterocycles. The Hall–Kier alpha value is -2.99. The van der Waals surface area contributed by atoms with Crippen LogP contribution in [0.1, 0.15) is 12.0 Å². The summed E-state index contributed by atoms with van der Waals surface area (Å²) in [7, 11) is 0. The van der Waals surface area contributed by atoms with Crippen molar-refractivity contribution in [3.8, 4) is 0 Å². The predicted molar refractivity (Wildman–Crippen MR) is 108 cm³/mol. The monoisotopic (exact) mass is 377 g/mol. The lowest BCUT2D eigenvalue weighted by molar-refractivity contribution is -0.917. The minimum Gasteiger partial charge on any atom is -0.331 e. The average Bonchev–Trinajstić information content (AvgIpc) is 2.74. The number of para-hydroxylation sites is 1. The molecule has 1 aliphatic heterocycles. The van der Waals surface area contributed by atoms with Gasteiger partial charge in [0, 0.05) is 18.5 Å². The third kappa shape index (κ3) is 4.12. The van der Waals surface area contributed by atoms with Crippen molar-refractivity contribution in [1.82, 2.24) is 14.5 Å². The van der Waals surface area contributed by atoms with Gasteiger partial charge in [-0.25, -0.2) is 4.98 Å². The van der Waals surface area contributed by atoms with Gasteiger partial charge in [0.05, 0.1) is 43.4 Å². The zero-order valence-corrected chi connectivity index (χ0v) is 15.9. The van der Waals surface area contributed by atoms with E-state index < -0.39 is 0 Å². The van der Waals surface area contributed by atoms with E-state index in [1.165, 1.54) is 15.0 Å². The maximum absolute atomic E-state index is 12.6. The topological polar surface area (TPSA) is 59.6 Å². The maximum Gasteiger partial charge on any atom is 0.261 e. The summed E-state index contributed by atoms with van der Waals surface area (Å²) in [5.74, 6) is 0.110. The highest BCUT2D eigenvalue weighted by Crippen LogP contribution is 2.05. The summed E-state index contributed by atoms with van der Waals surface area (Å²) in [6, 6.07) is 17.8. The first-order valence-electron chi connectivity index (χ1n) is 9.80. The number of aryl methyl sites for hydroxylation is 1. The number of carbonyl (C=O) groups excluding carboxylic acids is 1. The Bertz CT molecular complexity index is 1010. The summed E-state index contributed by atoms with van der Waals surface area (Å²) in [6.07, 6.45) is 1.87. The summed E-state index contributed by atoms with van der Waals surface area (Å²) in [5.41, 5.74) is 1.93. The van der Waals surface area contributed by atoms with E-state index in [1.54, 1.807) is 12.4 Å². The molecule has 2 aromatic carbocycles. The van der Waals surface area contributed by atoms with Gasteiger partial charge in [-0.1, -0.05) is 42.5 Å². The molecule has 6 nitrogen and oxygen atoms in total. The molecule has 1 amide bonds. The van der Waals surface area contributed by atoms with E-state index in [9.17, 15) is 9.59 Å². The molecule has 1 N–H and O–H groups in total. The average molecular weight is 377 g/mol. The number of nitrogens with zero attached hydrogens (tertiary/aromatic N) is 3. The highest BCUT2D eigenvalue weighted by atomic mass is 16.2. The van der Waals surface area contributed by atoms with Crippen LogP contribution in [0.3, 0.4) is 0 Å². The maximum atomic E-state index is 12.6. The largest absolute Gasteiger partial charge is 0.331 e. The first kappa shape index (κ1) is 18.4. The molecule has 1 aliphatic rings. The Morgan fingerprint density at radius 2 is 1.71 bits per heavy atom. The van der Waals surface area contributed by atoms with Crippen molar-refractivity contribution >= 4 is 16.8 Å². The number of aromatic nitrogens is 2. The van der Waals surface area contributed by atoms with E-state index in [2.05, 4.69) is 29.2 Å². The first-order valence-corrected chi connectivity index (χ1v) is 9.80.